The Kier molecular flexibility index (Phi) is 4.56. The molecule has 2 unspecified atom stereocenters. The van der Waals surface area contributed by atoms with Gasteiger partial charge in [0.25, 0.3) is 0 Å². The van der Waals surface area contributed by atoms with Gasteiger partial charge in [-0.15, -0.1) is 0 Å². The van der Waals surface area contributed by atoms with Crippen molar-refractivity contribution in [1.82, 2.24) is 9.80 Å². The highest BCUT2D eigenvalue weighted by Gasteiger charge is 2.25. The maximum atomic E-state index is 12.2. The number of hydrogen-bond donors (Lipinski definition) is 1. The number of likely N-dealkylation sites (tertiary alicyclic amines) is 1. The number of carbonyl (C=O) groups excluding carboxylic acids is 1. The monoisotopic (exact) mass is 262 g/mol. The molecule has 1 aliphatic rings. The van der Waals surface area contributed by atoms with Gasteiger partial charge in [0, 0.05) is 20.1 Å². The highest BCUT2D eigenvalue weighted by atomic mass is 16.3. The molecule has 1 amide bonds. The first-order chi connectivity index (χ1) is 9.08. The van der Waals surface area contributed by atoms with Crippen molar-refractivity contribution < 1.29 is 9.90 Å². The van der Waals surface area contributed by atoms with Crippen LogP contribution < -0.4 is 0 Å². The van der Waals surface area contributed by atoms with Crippen LogP contribution in [0.3, 0.4) is 0 Å². The fraction of sp³-hybridized carbons (Fsp3) is 0.533. The molecule has 1 fully saturated rings. The number of aliphatic hydroxyl groups is 1. The first-order valence-electron chi connectivity index (χ1n) is 6.79. The molecule has 0 bridgehead atoms. The number of β-amino-alcohol motifs (C(OH)–C–C–N with tert-alkyl or cyclic N) is 1. The minimum absolute atomic E-state index is 0.0706. The molecule has 0 radical (unpaired) electrons. The van der Waals surface area contributed by atoms with Crippen LogP contribution in [0.1, 0.15) is 24.9 Å². The lowest BCUT2D eigenvalue weighted by Crippen LogP contribution is -2.38. The molecular weight excluding hydrogens is 240 g/mol. The summed E-state index contributed by atoms with van der Waals surface area (Å²) >= 11 is 0. The first kappa shape index (κ1) is 14.0. The number of rotatable bonds is 4. The Morgan fingerprint density at radius 3 is 2.74 bits per heavy atom. The standard InChI is InChI=1S/C15H22N2O2/c1-12(13-6-4-3-5-7-13)16(2)15(19)11-17-9-8-14(18)10-17/h3-7,12,14,18H,8-11H2,1-2H3. The van der Waals surface area contributed by atoms with Crippen LogP contribution in [0.2, 0.25) is 0 Å². The molecule has 104 valence electrons. The van der Waals surface area contributed by atoms with Crippen LogP contribution in [0.4, 0.5) is 0 Å². The zero-order chi connectivity index (χ0) is 13.8. The number of hydrogen-bond acceptors (Lipinski definition) is 3. The van der Waals surface area contributed by atoms with E-state index in [1.807, 2.05) is 49.2 Å². The Morgan fingerprint density at radius 1 is 1.47 bits per heavy atom. The van der Waals surface area contributed by atoms with Gasteiger partial charge in [0.15, 0.2) is 0 Å². The quantitative estimate of drug-likeness (QED) is 0.889. The maximum absolute atomic E-state index is 12.2. The predicted molar refractivity (Wildman–Crippen MR) is 74.7 cm³/mol. The van der Waals surface area contributed by atoms with Crippen LogP contribution in [0.15, 0.2) is 30.3 Å². The molecule has 0 spiro atoms. The van der Waals surface area contributed by atoms with Crippen molar-refractivity contribution in [3.63, 3.8) is 0 Å². The second-order valence-corrected chi connectivity index (χ2v) is 5.27. The molecule has 1 aliphatic heterocycles. The molecule has 19 heavy (non-hydrogen) atoms. The van der Waals surface area contributed by atoms with E-state index < -0.39 is 0 Å². The van der Waals surface area contributed by atoms with Gasteiger partial charge >= 0.3 is 0 Å². The van der Waals surface area contributed by atoms with Gasteiger partial charge < -0.3 is 10.0 Å². The molecule has 1 N–H and O–H groups in total. The van der Waals surface area contributed by atoms with Crippen LogP contribution in [0.25, 0.3) is 0 Å². The zero-order valence-corrected chi connectivity index (χ0v) is 11.6. The van der Waals surface area contributed by atoms with E-state index in [0.717, 1.165) is 18.5 Å². The van der Waals surface area contributed by atoms with Gasteiger partial charge in [-0.2, -0.15) is 0 Å². The second kappa shape index (κ2) is 6.17. The Bertz CT molecular complexity index is 421. The van der Waals surface area contributed by atoms with E-state index in [9.17, 15) is 9.90 Å². The number of benzene rings is 1. The third-order valence-corrected chi connectivity index (χ3v) is 3.86. The largest absolute Gasteiger partial charge is 0.392 e. The van der Waals surface area contributed by atoms with E-state index in [2.05, 4.69) is 0 Å². The lowest BCUT2D eigenvalue weighted by atomic mass is 10.1. The fourth-order valence-electron chi connectivity index (χ4n) is 2.43. The molecule has 0 aromatic heterocycles. The van der Waals surface area contributed by atoms with E-state index in [1.165, 1.54) is 0 Å². The second-order valence-electron chi connectivity index (χ2n) is 5.27. The molecule has 2 atom stereocenters. The molecule has 1 saturated heterocycles. The third-order valence-electron chi connectivity index (χ3n) is 3.86. The molecule has 1 aromatic rings. The number of nitrogens with zero attached hydrogens (tertiary/aromatic N) is 2. The normalized spacial score (nSPS) is 21.3. The van der Waals surface area contributed by atoms with Gasteiger partial charge in [-0.05, 0) is 18.9 Å². The van der Waals surface area contributed by atoms with Gasteiger partial charge in [0.2, 0.25) is 5.91 Å². The molecule has 1 aromatic carbocycles. The lowest BCUT2D eigenvalue weighted by molar-refractivity contribution is -0.132. The third kappa shape index (κ3) is 3.55. The molecule has 4 nitrogen and oxygen atoms in total. The summed E-state index contributed by atoms with van der Waals surface area (Å²) in [5.41, 5.74) is 1.14. The van der Waals surface area contributed by atoms with Crippen molar-refractivity contribution in [3.8, 4) is 0 Å². The smallest absolute Gasteiger partial charge is 0.236 e. The summed E-state index contributed by atoms with van der Waals surface area (Å²) in [6, 6.07) is 10.1. The molecule has 1 heterocycles. The molecule has 0 aliphatic carbocycles. The van der Waals surface area contributed by atoms with Crippen LogP contribution >= 0.6 is 0 Å². The minimum atomic E-state index is -0.273. The SMILES string of the molecule is CC(c1ccccc1)N(C)C(=O)CN1CCC(O)C1. The van der Waals surface area contributed by atoms with E-state index in [0.29, 0.717) is 13.1 Å². The zero-order valence-electron chi connectivity index (χ0n) is 11.6. The van der Waals surface area contributed by atoms with Crippen molar-refractivity contribution in [1.29, 1.82) is 0 Å². The van der Waals surface area contributed by atoms with Crippen LogP contribution in [-0.4, -0.2) is 53.6 Å². The van der Waals surface area contributed by atoms with Crippen molar-refractivity contribution in [2.45, 2.75) is 25.5 Å². The summed E-state index contributed by atoms with van der Waals surface area (Å²) in [6.07, 6.45) is 0.496. The predicted octanol–water partition coefficient (Wildman–Crippen LogP) is 1.27. The Balaban J connectivity index is 1.92. The lowest BCUT2D eigenvalue weighted by Gasteiger charge is -2.27. The van der Waals surface area contributed by atoms with Gasteiger partial charge in [0.1, 0.15) is 0 Å². The van der Waals surface area contributed by atoms with Crippen LogP contribution in [0, 0.1) is 0 Å². The van der Waals surface area contributed by atoms with Crippen molar-refractivity contribution in [2.75, 3.05) is 26.7 Å². The summed E-state index contributed by atoms with van der Waals surface area (Å²) < 4.78 is 0. The van der Waals surface area contributed by atoms with E-state index in [4.69, 9.17) is 0 Å². The van der Waals surface area contributed by atoms with Gasteiger partial charge in [-0.3, -0.25) is 9.69 Å². The summed E-state index contributed by atoms with van der Waals surface area (Å²) in [5, 5.41) is 9.47. The molecule has 4 heteroatoms. The van der Waals surface area contributed by atoms with Crippen molar-refractivity contribution in [3.05, 3.63) is 35.9 Å². The van der Waals surface area contributed by atoms with Crippen LogP contribution in [-0.2, 0) is 4.79 Å². The first-order valence-corrected chi connectivity index (χ1v) is 6.79. The summed E-state index contributed by atoms with van der Waals surface area (Å²) in [6.45, 7) is 3.84. The molecule has 0 saturated carbocycles. The van der Waals surface area contributed by atoms with Crippen molar-refractivity contribution >= 4 is 5.91 Å². The van der Waals surface area contributed by atoms with E-state index in [-0.39, 0.29) is 18.1 Å². The molecular formula is C15H22N2O2. The Hall–Kier alpha value is -1.39. The summed E-state index contributed by atoms with van der Waals surface area (Å²) in [7, 11) is 1.84. The van der Waals surface area contributed by atoms with Gasteiger partial charge in [-0.1, -0.05) is 30.3 Å². The maximum Gasteiger partial charge on any atom is 0.236 e. The van der Waals surface area contributed by atoms with Crippen LogP contribution in [0.5, 0.6) is 0 Å². The van der Waals surface area contributed by atoms with Crippen molar-refractivity contribution in [2.24, 2.45) is 0 Å². The highest BCUT2D eigenvalue weighted by molar-refractivity contribution is 5.78. The van der Waals surface area contributed by atoms with E-state index in [1.54, 1.807) is 4.90 Å². The van der Waals surface area contributed by atoms with E-state index >= 15 is 0 Å². The topological polar surface area (TPSA) is 43.8 Å². The van der Waals surface area contributed by atoms with Gasteiger partial charge in [0.05, 0.1) is 18.7 Å². The minimum Gasteiger partial charge on any atom is -0.392 e. The number of likely N-dealkylation sites (N-methyl/N-ethyl adjacent to an activating group) is 1. The number of amides is 1. The Labute approximate surface area is 114 Å². The highest BCUT2D eigenvalue weighted by Crippen LogP contribution is 2.19. The Morgan fingerprint density at radius 2 is 2.16 bits per heavy atom. The van der Waals surface area contributed by atoms with Gasteiger partial charge in [-0.25, -0.2) is 0 Å². The average Bonchev–Trinajstić information content (AvgIpc) is 2.83. The molecule has 2 rings (SSSR count). The number of aliphatic hydroxyl groups excluding tert-OH is 1. The summed E-state index contributed by atoms with van der Waals surface area (Å²) in [5.74, 6) is 0.102. The number of carbonyl (C=O) groups is 1. The summed E-state index contributed by atoms with van der Waals surface area (Å²) in [4.78, 5) is 16.0. The fourth-order valence-corrected chi connectivity index (χ4v) is 2.43. The average molecular weight is 262 g/mol.